The number of ether oxygens (including phenoxy) is 2. The number of carbonyl (C=O) groups is 2. The number of nitrogens with one attached hydrogen (secondary N) is 2. The standard InChI is InChI=1S/C30H25Cl2N3O6S/c31-21-10-12-22(13-11-21)34-42(38,39)23-14-15-26(24(32)16-23)40-19-29(36)35-18-28(41-27-9-5-4-8-25(27)35)30(37)33-17-20-6-2-1-3-7-20/h1-16,28,34H,17-19H2,(H,33,37). The Morgan fingerprint density at radius 1 is 0.929 bits per heavy atom. The quantitative estimate of drug-likeness (QED) is 0.261. The molecule has 5 rings (SSSR count). The Bertz CT molecular complexity index is 1700. The van der Waals surface area contributed by atoms with Crippen molar-refractivity contribution in [2.45, 2.75) is 17.5 Å². The maximum atomic E-state index is 13.3. The van der Waals surface area contributed by atoms with Crippen LogP contribution in [0, 0.1) is 0 Å². The highest BCUT2D eigenvalue weighted by molar-refractivity contribution is 7.92. The van der Waals surface area contributed by atoms with Crippen LogP contribution in [0.2, 0.25) is 10.0 Å². The highest BCUT2D eigenvalue weighted by atomic mass is 35.5. The van der Waals surface area contributed by atoms with E-state index in [-0.39, 0.29) is 28.1 Å². The summed E-state index contributed by atoms with van der Waals surface area (Å²) in [6.07, 6.45) is -0.936. The molecule has 216 valence electrons. The van der Waals surface area contributed by atoms with Crippen LogP contribution in [0.25, 0.3) is 0 Å². The van der Waals surface area contributed by atoms with Gasteiger partial charge in [0.2, 0.25) is 0 Å². The second-order valence-corrected chi connectivity index (χ2v) is 11.8. The van der Waals surface area contributed by atoms with E-state index >= 15 is 0 Å². The van der Waals surface area contributed by atoms with Crippen molar-refractivity contribution in [1.29, 1.82) is 0 Å². The van der Waals surface area contributed by atoms with E-state index in [9.17, 15) is 18.0 Å². The largest absolute Gasteiger partial charge is 0.482 e. The first-order chi connectivity index (χ1) is 20.2. The molecule has 0 saturated heterocycles. The summed E-state index contributed by atoms with van der Waals surface area (Å²) in [6, 6.07) is 26.5. The van der Waals surface area contributed by atoms with Crippen LogP contribution in [0.4, 0.5) is 11.4 Å². The molecule has 4 aromatic carbocycles. The summed E-state index contributed by atoms with van der Waals surface area (Å²) in [5.74, 6) is -0.296. The van der Waals surface area contributed by atoms with Gasteiger partial charge in [0.15, 0.2) is 12.7 Å². The zero-order valence-corrected chi connectivity index (χ0v) is 24.3. The van der Waals surface area contributed by atoms with Crippen molar-refractivity contribution >= 4 is 56.4 Å². The van der Waals surface area contributed by atoms with Crippen LogP contribution in [0.3, 0.4) is 0 Å². The van der Waals surface area contributed by atoms with Gasteiger partial charge in [-0.3, -0.25) is 14.3 Å². The Morgan fingerprint density at radius 3 is 2.38 bits per heavy atom. The third-order valence-corrected chi connectivity index (χ3v) is 8.26. The van der Waals surface area contributed by atoms with Crippen LogP contribution < -0.4 is 24.4 Å². The fraction of sp³-hybridized carbons (Fsp3) is 0.133. The van der Waals surface area contributed by atoms with E-state index in [0.717, 1.165) is 5.56 Å². The van der Waals surface area contributed by atoms with Gasteiger partial charge >= 0.3 is 0 Å². The Hall–Kier alpha value is -4.25. The van der Waals surface area contributed by atoms with E-state index < -0.39 is 28.6 Å². The van der Waals surface area contributed by atoms with Crippen LogP contribution >= 0.6 is 23.2 Å². The Morgan fingerprint density at radius 2 is 1.64 bits per heavy atom. The smallest absolute Gasteiger partial charge is 0.265 e. The van der Waals surface area contributed by atoms with Gasteiger partial charge < -0.3 is 19.7 Å². The first-order valence-electron chi connectivity index (χ1n) is 12.8. The molecular weight excluding hydrogens is 601 g/mol. The van der Waals surface area contributed by atoms with Gasteiger partial charge in [-0.05, 0) is 60.2 Å². The number of nitrogens with zero attached hydrogens (tertiary/aromatic N) is 1. The molecule has 0 spiro atoms. The molecule has 0 saturated carbocycles. The Labute approximate surface area is 253 Å². The lowest BCUT2D eigenvalue weighted by Crippen LogP contribution is -2.51. The fourth-order valence-corrected chi connectivity index (χ4v) is 5.73. The van der Waals surface area contributed by atoms with Gasteiger partial charge in [-0.15, -0.1) is 0 Å². The van der Waals surface area contributed by atoms with Crippen molar-refractivity contribution in [2.24, 2.45) is 0 Å². The van der Waals surface area contributed by atoms with E-state index in [1.165, 1.54) is 35.2 Å². The molecule has 12 heteroatoms. The van der Waals surface area contributed by atoms with Gasteiger partial charge in [-0.25, -0.2) is 8.42 Å². The molecule has 0 bridgehead atoms. The zero-order valence-electron chi connectivity index (χ0n) is 22.0. The van der Waals surface area contributed by atoms with Crippen LogP contribution in [0.1, 0.15) is 5.56 Å². The number of hydrogen-bond acceptors (Lipinski definition) is 6. The minimum Gasteiger partial charge on any atom is -0.482 e. The molecule has 4 aromatic rings. The van der Waals surface area contributed by atoms with Crippen molar-refractivity contribution in [3.8, 4) is 11.5 Å². The number of sulfonamides is 1. The van der Waals surface area contributed by atoms with E-state index in [1.807, 2.05) is 30.3 Å². The van der Waals surface area contributed by atoms with Crippen LogP contribution in [-0.2, 0) is 26.2 Å². The van der Waals surface area contributed by atoms with Crippen molar-refractivity contribution in [3.63, 3.8) is 0 Å². The average Bonchev–Trinajstić information content (AvgIpc) is 3.00. The molecule has 0 aliphatic carbocycles. The summed E-state index contributed by atoms with van der Waals surface area (Å²) in [5.41, 5.74) is 1.76. The van der Waals surface area contributed by atoms with Crippen molar-refractivity contribution in [2.75, 3.05) is 22.8 Å². The molecule has 1 heterocycles. The summed E-state index contributed by atoms with van der Waals surface area (Å²) in [5, 5.41) is 3.32. The molecule has 2 N–H and O–H groups in total. The maximum Gasteiger partial charge on any atom is 0.265 e. The molecule has 0 fully saturated rings. The minimum atomic E-state index is -3.94. The molecule has 42 heavy (non-hydrogen) atoms. The molecule has 0 radical (unpaired) electrons. The van der Waals surface area contributed by atoms with Crippen molar-refractivity contribution in [1.82, 2.24) is 5.32 Å². The highest BCUT2D eigenvalue weighted by Gasteiger charge is 2.34. The van der Waals surface area contributed by atoms with E-state index in [1.54, 1.807) is 36.4 Å². The van der Waals surface area contributed by atoms with Crippen LogP contribution in [0.15, 0.2) is 102 Å². The van der Waals surface area contributed by atoms with Gasteiger partial charge in [-0.1, -0.05) is 65.7 Å². The van der Waals surface area contributed by atoms with Gasteiger partial charge in [0.05, 0.1) is 22.2 Å². The number of amides is 2. The summed E-state index contributed by atoms with van der Waals surface area (Å²) in [4.78, 5) is 27.6. The van der Waals surface area contributed by atoms with Gasteiger partial charge in [0, 0.05) is 17.3 Å². The Kier molecular flexibility index (Phi) is 8.86. The number of rotatable bonds is 9. The number of carbonyl (C=O) groups excluding carboxylic acids is 2. The topological polar surface area (TPSA) is 114 Å². The summed E-state index contributed by atoms with van der Waals surface area (Å²) in [6.45, 7) is -0.125. The lowest BCUT2D eigenvalue weighted by Gasteiger charge is -2.34. The van der Waals surface area contributed by atoms with Gasteiger partial charge in [0.25, 0.3) is 21.8 Å². The molecule has 0 aromatic heterocycles. The Balaban J connectivity index is 1.24. The summed E-state index contributed by atoms with van der Waals surface area (Å²) >= 11 is 12.2. The number of fused-ring (bicyclic) bond motifs is 1. The van der Waals surface area contributed by atoms with Gasteiger partial charge in [-0.2, -0.15) is 0 Å². The van der Waals surface area contributed by atoms with Crippen molar-refractivity contribution in [3.05, 3.63) is 113 Å². The zero-order chi connectivity index (χ0) is 29.7. The molecule has 1 aliphatic rings. The number of hydrogen-bond donors (Lipinski definition) is 2. The molecule has 1 aliphatic heterocycles. The number of para-hydroxylation sites is 2. The number of anilines is 2. The van der Waals surface area contributed by atoms with Crippen LogP contribution in [0.5, 0.6) is 11.5 Å². The first kappa shape index (κ1) is 29.2. The third-order valence-electron chi connectivity index (χ3n) is 6.34. The molecule has 1 unspecified atom stereocenters. The normalized spacial score (nSPS) is 14.3. The maximum absolute atomic E-state index is 13.3. The number of benzene rings is 4. The SMILES string of the molecule is O=C(NCc1ccccc1)C1CN(C(=O)COc2ccc(S(=O)(=O)Nc3ccc(Cl)cc3)cc2Cl)c2ccccc2O1. The fourth-order valence-electron chi connectivity index (χ4n) is 4.22. The second-order valence-electron chi connectivity index (χ2n) is 9.28. The van der Waals surface area contributed by atoms with E-state index in [4.69, 9.17) is 32.7 Å². The lowest BCUT2D eigenvalue weighted by molar-refractivity contribution is -0.128. The molecule has 2 amide bonds. The van der Waals surface area contributed by atoms with Gasteiger partial charge in [0.1, 0.15) is 11.5 Å². The molecule has 1 atom stereocenters. The monoisotopic (exact) mass is 625 g/mol. The highest BCUT2D eigenvalue weighted by Crippen LogP contribution is 2.34. The molecular formula is C30H25Cl2N3O6S. The summed E-state index contributed by atoms with van der Waals surface area (Å²) in [7, 11) is -3.94. The van der Waals surface area contributed by atoms with Crippen LogP contribution in [-0.4, -0.2) is 39.5 Å². The van der Waals surface area contributed by atoms with E-state index in [2.05, 4.69) is 10.0 Å². The summed E-state index contributed by atoms with van der Waals surface area (Å²) < 4.78 is 39.6. The average molecular weight is 627 g/mol. The minimum absolute atomic E-state index is 0.00215. The van der Waals surface area contributed by atoms with E-state index in [0.29, 0.717) is 28.7 Å². The second kappa shape index (κ2) is 12.7. The third kappa shape index (κ3) is 6.96. The lowest BCUT2D eigenvalue weighted by atomic mass is 10.1. The number of halogens is 2. The van der Waals surface area contributed by atoms with Crippen molar-refractivity contribution < 1.29 is 27.5 Å². The predicted octanol–water partition coefficient (Wildman–Crippen LogP) is 5.28. The molecule has 9 nitrogen and oxygen atoms in total. The predicted molar refractivity (Wildman–Crippen MR) is 161 cm³/mol. The first-order valence-corrected chi connectivity index (χ1v) is 15.0.